The molecule has 0 aliphatic carbocycles. The van der Waals surface area contributed by atoms with Crippen LogP contribution >= 0.6 is 0 Å². The number of hydrogen-bond donors (Lipinski definition) is 0. The molecule has 0 amide bonds. The third kappa shape index (κ3) is 1.44. The van der Waals surface area contributed by atoms with Gasteiger partial charge in [0.15, 0.2) is 0 Å². The molecular weight excluding hydrogens is 136 g/mol. The molecule has 1 aromatic rings. The summed E-state index contributed by atoms with van der Waals surface area (Å²) in [6.45, 7) is 6.44. The highest BCUT2D eigenvalue weighted by molar-refractivity contribution is 5.23. The largest absolute Gasteiger partial charge is 0.272 e. The smallest absolute Gasteiger partial charge is 0.0656 e. The molecule has 0 N–H and O–H groups in total. The fourth-order valence-electron chi connectivity index (χ4n) is 1.26. The lowest BCUT2D eigenvalue weighted by molar-refractivity contribution is 0.714. The molecule has 0 spiro atoms. The monoisotopic (exact) mass is 152 g/mol. The molecule has 0 atom stereocenters. The number of hydrogen-bond acceptors (Lipinski definition) is 1. The fourth-order valence-corrected chi connectivity index (χ4v) is 1.26. The zero-order valence-electron chi connectivity index (χ0n) is 7.81. The lowest BCUT2D eigenvalue weighted by Crippen LogP contribution is -1.93. The third-order valence-corrected chi connectivity index (χ3v) is 2.22. The van der Waals surface area contributed by atoms with Crippen LogP contribution in [0, 0.1) is 13.8 Å². The molecule has 0 aromatic carbocycles. The van der Waals surface area contributed by atoms with Crippen LogP contribution in [-0.4, -0.2) is 9.78 Å². The molecule has 62 valence electrons. The van der Waals surface area contributed by atoms with Crippen LogP contribution in [0.2, 0.25) is 0 Å². The maximum atomic E-state index is 4.42. The topological polar surface area (TPSA) is 17.8 Å². The summed E-state index contributed by atoms with van der Waals surface area (Å²) in [4.78, 5) is 0. The lowest BCUT2D eigenvalue weighted by atomic mass is 10.1. The van der Waals surface area contributed by atoms with E-state index in [0.29, 0.717) is 0 Å². The highest BCUT2D eigenvalue weighted by Crippen LogP contribution is 2.12. The Morgan fingerprint density at radius 2 is 2.00 bits per heavy atom. The second-order valence-corrected chi connectivity index (χ2v) is 3.03. The molecule has 0 unspecified atom stereocenters. The Bertz CT molecular complexity index is 248. The normalized spacial score (nSPS) is 10.5. The zero-order chi connectivity index (χ0) is 8.43. The van der Waals surface area contributed by atoms with Crippen molar-refractivity contribution in [2.45, 2.75) is 33.6 Å². The minimum absolute atomic E-state index is 1.10. The van der Waals surface area contributed by atoms with Gasteiger partial charge in [0.2, 0.25) is 0 Å². The van der Waals surface area contributed by atoms with Crippen molar-refractivity contribution in [2.24, 2.45) is 7.05 Å². The predicted octanol–water partition coefficient (Wildman–Crippen LogP) is 1.99. The summed E-state index contributed by atoms with van der Waals surface area (Å²) in [5.74, 6) is 0. The van der Waals surface area contributed by atoms with Crippen molar-refractivity contribution in [1.82, 2.24) is 9.78 Å². The van der Waals surface area contributed by atoms with Crippen molar-refractivity contribution in [3.8, 4) is 0 Å². The van der Waals surface area contributed by atoms with Crippen LogP contribution in [0.5, 0.6) is 0 Å². The van der Waals surface area contributed by atoms with Crippen molar-refractivity contribution in [1.29, 1.82) is 0 Å². The molecule has 0 saturated carbocycles. The van der Waals surface area contributed by atoms with Crippen molar-refractivity contribution in [3.05, 3.63) is 17.0 Å². The zero-order valence-corrected chi connectivity index (χ0v) is 7.81. The van der Waals surface area contributed by atoms with Crippen LogP contribution in [0.25, 0.3) is 0 Å². The van der Waals surface area contributed by atoms with Gasteiger partial charge in [-0.1, -0.05) is 13.3 Å². The molecule has 0 radical (unpaired) electrons. The first kappa shape index (κ1) is 8.31. The van der Waals surface area contributed by atoms with Gasteiger partial charge >= 0.3 is 0 Å². The van der Waals surface area contributed by atoms with Crippen molar-refractivity contribution >= 4 is 0 Å². The van der Waals surface area contributed by atoms with Crippen molar-refractivity contribution in [2.75, 3.05) is 0 Å². The van der Waals surface area contributed by atoms with Gasteiger partial charge in [0.25, 0.3) is 0 Å². The first-order chi connectivity index (χ1) is 5.16. The first-order valence-corrected chi connectivity index (χ1v) is 4.16. The molecule has 2 nitrogen and oxygen atoms in total. The highest BCUT2D eigenvalue weighted by atomic mass is 15.3. The number of rotatable bonds is 2. The number of nitrogens with zero attached hydrogens (tertiary/aromatic N) is 2. The minimum atomic E-state index is 1.10. The molecule has 0 fully saturated rings. The Morgan fingerprint density at radius 1 is 1.36 bits per heavy atom. The van der Waals surface area contributed by atoms with Gasteiger partial charge in [-0.05, 0) is 25.8 Å². The van der Waals surface area contributed by atoms with Crippen molar-refractivity contribution in [3.63, 3.8) is 0 Å². The summed E-state index contributed by atoms with van der Waals surface area (Å²) in [5, 5.41) is 4.42. The molecule has 1 heterocycles. The van der Waals surface area contributed by atoms with Crippen LogP contribution < -0.4 is 0 Å². The van der Waals surface area contributed by atoms with Gasteiger partial charge in [-0.25, -0.2) is 0 Å². The van der Waals surface area contributed by atoms with Gasteiger partial charge in [0.05, 0.1) is 5.69 Å². The maximum absolute atomic E-state index is 4.42. The van der Waals surface area contributed by atoms with Crippen LogP contribution in [0.4, 0.5) is 0 Å². The fraction of sp³-hybridized carbons (Fsp3) is 0.667. The van der Waals surface area contributed by atoms with Crippen LogP contribution in [0.3, 0.4) is 0 Å². The van der Waals surface area contributed by atoms with Crippen LogP contribution in [-0.2, 0) is 13.5 Å². The first-order valence-electron chi connectivity index (χ1n) is 4.16. The van der Waals surface area contributed by atoms with E-state index in [4.69, 9.17) is 0 Å². The van der Waals surface area contributed by atoms with E-state index in [1.165, 1.54) is 23.4 Å². The summed E-state index contributed by atoms with van der Waals surface area (Å²) in [6.07, 6.45) is 2.28. The molecule has 1 rings (SSSR count). The summed E-state index contributed by atoms with van der Waals surface area (Å²) < 4.78 is 1.96. The van der Waals surface area contributed by atoms with E-state index >= 15 is 0 Å². The van der Waals surface area contributed by atoms with E-state index in [0.717, 1.165) is 6.42 Å². The summed E-state index contributed by atoms with van der Waals surface area (Å²) in [7, 11) is 2.00. The second-order valence-electron chi connectivity index (χ2n) is 3.03. The summed E-state index contributed by atoms with van der Waals surface area (Å²) in [6, 6.07) is 0. The lowest BCUT2D eigenvalue weighted by Gasteiger charge is -1.92. The number of aryl methyl sites for hydroxylation is 2. The minimum Gasteiger partial charge on any atom is -0.272 e. The van der Waals surface area contributed by atoms with Crippen LogP contribution in [0.1, 0.15) is 30.3 Å². The molecule has 0 bridgehead atoms. The second kappa shape index (κ2) is 3.07. The van der Waals surface area contributed by atoms with Gasteiger partial charge in [-0.2, -0.15) is 5.10 Å². The molecule has 0 aliphatic rings. The number of aromatic nitrogens is 2. The van der Waals surface area contributed by atoms with E-state index in [-0.39, 0.29) is 0 Å². The highest BCUT2D eigenvalue weighted by Gasteiger charge is 2.05. The molecule has 2 heteroatoms. The van der Waals surface area contributed by atoms with E-state index < -0.39 is 0 Å². The molecular formula is C9H16N2. The van der Waals surface area contributed by atoms with Crippen LogP contribution in [0.15, 0.2) is 0 Å². The standard InChI is InChI=1S/C9H16N2/c1-5-6-9-7(2)8(3)11(4)10-9/h5-6H2,1-4H3. The Balaban J connectivity index is 2.98. The van der Waals surface area contributed by atoms with Crippen molar-refractivity contribution < 1.29 is 0 Å². The van der Waals surface area contributed by atoms with Gasteiger partial charge in [0.1, 0.15) is 0 Å². The molecule has 0 aliphatic heterocycles. The molecule has 0 saturated heterocycles. The average molecular weight is 152 g/mol. The van der Waals surface area contributed by atoms with E-state index in [2.05, 4.69) is 25.9 Å². The van der Waals surface area contributed by atoms with Gasteiger partial charge in [-0.15, -0.1) is 0 Å². The third-order valence-electron chi connectivity index (χ3n) is 2.22. The Hall–Kier alpha value is -0.790. The quantitative estimate of drug-likeness (QED) is 0.633. The molecule has 1 aromatic heterocycles. The van der Waals surface area contributed by atoms with E-state index in [9.17, 15) is 0 Å². The van der Waals surface area contributed by atoms with E-state index in [1.54, 1.807) is 0 Å². The summed E-state index contributed by atoms with van der Waals surface area (Å²) >= 11 is 0. The SMILES string of the molecule is CCCc1nn(C)c(C)c1C. The summed E-state index contributed by atoms with van der Waals surface area (Å²) in [5.41, 5.74) is 3.90. The predicted molar refractivity (Wildman–Crippen MR) is 46.7 cm³/mol. The Kier molecular flexibility index (Phi) is 2.32. The van der Waals surface area contributed by atoms with E-state index in [1.807, 2.05) is 11.7 Å². The average Bonchev–Trinajstić information content (AvgIpc) is 2.19. The molecule has 11 heavy (non-hydrogen) atoms. The van der Waals surface area contributed by atoms with Gasteiger partial charge in [-0.3, -0.25) is 4.68 Å². The maximum Gasteiger partial charge on any atom is 0.0656 e. The Labute approximate surface area is 68.2 Å². The van der Waals surface area contributed by atoms with Gasteiger partial charge in [0, 0.05) is 12.7 Å². The van der Waals surface area contributed by atoms with Gasteiger partial charge < -0.3 is 0 Å². The Morgan fingerprint density at radius 3 is 2.36 bits per heavy atom.